The lowest BCUT2D eigenvalue weighted by atomic mass is 10.0. The standard InChI is InChI=1S/C20H18Cl3N3/c1-12-15(21)6-4-7-18(12)26-20-14(5-2-3-10-24-20)19(25-26)13-8-9-16(22)17(23)11-13/h4,6-9,11,24H,2-3,5,10H2,1H3. The van der Waals surface area contributed by atoms with Gasteiger partial charge in [-0.15, -0.1) is 0 Å². The van der Waals surface area contributed by atoms with Crippen molar-refractivity contribution in [3.05, 3.63) is 62.6 Å². The Hall–Kier alpha value is -1.68. The molecule has 0 unspecified atom stereocenters. The fraction of sp³-hybridized carbons (Fsp3) is 0.250. The van der Waals surface area contributed by atoms with E-state index >= 15 is 0 Å². The van der Waals surface area contributed by atoms with Gasteiger partial charge >= 0.3 is 0 Å². The Kier molecular flexibility index (Phi) is 4.87. The molecule has 3 nitrogen and oxygen atoms in total. The van der Waals surface area contributed by atoms with Gasteiger partial charge < -0.3 is 5.32 Å². The van der Waals surface area contributed by atoms with Gasteiger partial charge in [-0.25, -0.2) is 4.68 Å². The van der Waals surface area contributed by atoms with Gasteiger partial charge in [-0.2, -0.15) is 5.10 Å². The molecule has 2 heterocycles. The summed E-state index contributed by atoms with van der Waals surface area (Å²) in [7, 11) is 0. The number of halogens is 3. The van der Waals surface area contributed by atoms with Crippen molar-refractivity contribution < 1.29 is 0 Å². The number of fused-ring (bicyclic) bond motifs is 1. The Bertz CT molecular complexity index is 979. The lowest BCUT2D eigenvalue weighted by Crippen LogP contribution is -2.08. The van der Waals surface area contributed by atoms with Gasteiger partial charge in [-0.1, -0.05) is 46.9 Å². The molecule has 0 saturated heterocycles. The molecule has 2 aromatic carbocycles. The quantitative estimate of drug-likeness (QED) is 0.522. The number of hydrogen-bond donors (Lipinski definition) is 1. The third-order valence-electron chi connectivity index (χ3n) is 4.79. The van der Waals surface area contributed by atoms with Crippen LogP contribution in [0.4, 0.5) is 5.82 Å². The van der Waals surface area contributed by atoms with Crippen molar-refractivity contribution >= 4 is 40.6 Å². The highest BCUT2D eigenvalue weighted by molar-refractivity contribution is 6.42. The van der Waals surface area contributed by atoms with Crippen LogP contribution in [0.15, 0.2) is 36.4 Å². The van der Waals surface area contributed by atoms with Crippen LogP contribution in [0, 0.1) is 6.92 Å². The zero-order chi connectivity index (χ0) is 18.3. The average Bonchev–Trinajstić information content (AvgIpc) is 2.81. The van der Waals surface area contributed by atoms with Crippen molar-refractivity contribution in [1.29, 1.82) is 0 Å². The number of rotatable bonds is 2. The predicted octanol–water partition coefficient (Wildman–Crippen LogP) is 6.56. The Balaban J connectivity index is 1.94. The second kappa shape index (κ2) is 7.15. The van der Waals surface area contributed by atoms with Gasteiger partial charge in [0.15, 0.2) is 0 Å². The minimum absolute atomic E-state index is 0.535. The van der Waals surface area contributed by atoms with E-state index in [1.54, 1.807) is 0 Å². The van der Waals surface area contributed by atoms with E-state index in [9.17, 15) is 0 Å². The SMILES string of the molecule is Cc1c(Cl)cccc1-n1nc(-c2ccc(Cl)c(Cl)c2)c2c1NCCCC2. The fourth-order valence-corrected chi connectivity index (χ4v) is 3.85. The Labute approximate surface area is 167 Å². The third kappa shape index (κ3) is 3.09. The molecule has 0 amide bonds. The van der Waals surface area contributed by atoms with Crippen molar-refractivity contribution in [2.45, 2.75) is 26.2 Å². The maximum atomic E-state index is 6.35. The molecule has 0 aliphatic carbocycles. The van der Waals surface area contributed by atoms with E-state index in [2.05, 4.69) is 5.32 Å². The number of anilines is 1. The zero-order valence-electron chi connectivity index (χ0n) is 14.3. The number of nitrogens with zero attached hydrogens (tertiary/aromatic N) is 2. The Morgan fingerprint density at radius 3 is 2.65 bits per heavy atom. The molecule has 1 aliphatic heterocycles. The first-order valence-corrected chi connectivity index (χ1v) is 9.76. The van der Waals surface area contributed by atoms with Crippen LogP contribution in [0.3, 0.4) is 0 Å². The topological polar surface area (TPSA) is 29.9 Å². The highest BCUT2D eigenvalue weighted by atomic mass is 35.5. The molecule has 6 heteroatoms. The van der Waals surface area contributed by atoms with E-state index in [0.29, 0.717) is 10.0 Å². The van der Waals surface area contributed by atoms with E-state index < -0.39 is 0 Å². The molecule has 1 aliphatic rings. The summed E-state index contributed by atoms with van der Waals surface area (Å²) in [5.41, 5.74) is 5.10. The molecule has 0 fully saturated rings. The molecule has 134 valence electrons. The van der Waals surface area contributed by atoms with Crippen molar-refractivity contribution in [2.75, 3.05) is 11.9 Å². The van der Waals surface area contributed by atoms with Crippen LogP contribution in [0.2, 0.25) is 15.1 Å². The number of aromatic nitrogens is 2. The summed E-state index contributed by atoms with van der Waals surface area (Å²) in [6.07, 6.45) is 3.22. The summed E-state index contributed by atoms with van der Waals surface area (Å²) in [4.78, 5) is 0. The highest BCUT2D eigenvalue weighted by Crippen LogP contribution is 2.37. The normalized spacial score (nSPS) is 13.8. The summed E-state index contributed by atoms with van der Waals surface area (Å²) < 4.78 is 1.97. The van der Waals surface area contributed by atoms with Crippen LogP contribution in [-0.4, -0.2) is 16.3 Å². The van der Waals surface area contributed by atoms with Crippen molar-refractivity contribution in [3.8, 4) is 16.9 Å². The number of benzene rings is 2. The molecule has 0 spiro atoms. The van der Waals surface area contributed by atoms with Gasteiger partial charge in [0.2, 0.25) is 0 Å². The molecule has 0 saturated carbocycles. The van der Waals surface area contributed by atoms with Crippen LogP contribution in [-0.2, 0) is 6.42 Å². The van der Waals surface area contributed by atoms with Crippen molar-refractivity contribution in [3.63, 3.8) is 0 Å². The predicted molar refractivity (Wildman–Crippen MR) is 110 cm³/mol. The van der Waals surface area contributed by atoms with Gasteiger partial charge in [-0.05, 0) is 56.0 Å². The van der Waals surface area contributed by atoms with Gasteiger partial charge in [0.05, 0.1) is 21.4 Å². The minimum atomic E-state index is 0.535. The molecule has 0 atom stereocenters. The molecule has 1 aromatic heterocycles. The molecular formula is C20H18Cl3N3. The summed E-state index contributed by atoms with van der Waals surface area (Å²) >= 11 is 18.7. The first-order valence-electron chi connectivity index (χ1n) is 8.63. The molecule has 0 radical (unpaired) electrons. The van der Waals surface area contributed by atoms with Gasteiger partial charge in [0.1, 0.15) is 5.82 Å². The van der Waals surface area contributed by atoms with E-state index in [1.807, 2.05) is 48.0 Å². The second-order valence-electron chi connectivity index (χ2n) is 6.48. The molecule has 26 heavy (non-hydrogen) atoms. The minimum Gasteiger partial charge on any atom is -0.370 e. The number of nitrogens with one attached hydrogen (secondary N) is 1. The van der Waals surface area contributed by atoms with Crippen molar-refractivity contribution in [1.82, 2.24) is 9.78 Å². The molecule has 4 rings (SSSR count). The maximum Gasteiger partial charge on any atom is 0.133 e. The lowest BCUT2D eigenvalue weighted by molar-refractivity contribution is 0.779. The average molecular weight is 407 g/mol. The summed E-state index contributed by atoms with van der Waals surface area (Å²) in [5.74, 6) is 1.04. The van der Waals surface area contributed by atoms with Crippen LogP contribution in [0.1, 0.15) is 24.0 Å². The van der Waals surface area contributed by atoms with Gasteiger partial charge in [0.25, 0.3) is 0 Å². The van der Waals surface area contributed by atoms with E-state index in [-0.39, 0.29) is 0 Å². The maximum absolute atomic E-state index is 6.35. The smallest absolute Gasteiger partial charge is 0.133 e. The zero-order valence-corrected chi connectivity index (χ0v) is 16.6. The molecule has 1 N–H and O–H groups in total. The van der Waals surface area contributed by atoms with Crippen LogP contribution >= 0.6 is 34.8 Å². The number of hydrogen-bond acceptors (Lipinski definition) is 2. The van der Waals surface area contributed by atoms with Gasteiger partial charge in [0, 0.05) is 22.7 Å². The van der Waals surface area contributed by atoms with Crippen molar-refractivity contribution in [2.24, 2.45) is 0 Å². The second-order valence-corrected chi connectivity index (χ2v) is 7.71. The summed E-state index contributed by atoms with van der Waals surface area (Å²) in [6.45, 7) is 2.94. The third-order valence-corrected chi connectivity index (χ3v) is 5.94. The first kappa shape index (κ1) is 17.7. The van der Waals surface area contributed by atoms with Crippen LogP contribution in [0.5, 0.6) is 0 Å². The largest absolute Gasteiger partial charge is 0.370 e. The van der Waals surface area contributed by atoms with Crippen LogP contribution < -0.4 is 5.32 Å². The molecule has 3 aromatic rings. The van der Waals surface area contributed by atoms with Gasteiger partial charge in [-0.3, -0.25) is 0 Å². The lowest BCUT2D eigenvalue weighted by Gasteiger charge is -2.12. The van der Waals surface area contributed by atoms with E-state index in [1.165, 1.54) is 5.56 Å². The molecular weight excluding hydrogens is 389 g/mol. The molecule has 0 bridgehead atoms. The van der Waals surface area contributed by atoms with E-state index in [0.717, 1.165) is 59.2 Å². The van der Waals surface area contributed by atoms with Crippen LogP contribution in [0.25, 0.3) is 16.9 Å². The summed E-state index contributed by atoms with van der Waals surface area (Å²) in [6, 6.07) is 11.6. The highest BCUT2D eigenvalue weighted by Gasteiger charge is 2.23. The Morgan fingerprint density at radius 1 is 1.00 bits per heavy atom. The monoisotopic (exact) mass is 405 g/mol. The Morgan fingerprint density at radius 2 is 1.85 bits per heavy atom. The first-order chi connectivity index (χ1) is 12.6. The fourth-order valence-electron chi connectivity index (χ4n) is 3.38. The summed E-state index contributed by atoms with van der Waals surface area (Å²) in [5, 5.41) is 10.3. The van der Waals surface area contributed by atoms with E-state index in [4.69, 9.17) is 39.9 Å².